The predicted molar refractivity (Wildman–Crippen MR) is 42.0 cm³/mol. The zero-order valence-corrected chi connectivity index (χ0v) is 6.92. The van der Waals surface area contributed by atoms with Crippen LogP contribution in [0.1, 0.15) is 17.2 Å². The smallest absolute Gasteiger partial charge is 0.374 e. The van der Waals surface area contributed by atoms with Gasteiger partial charge in [0.2, 0.25) is 0 Å². The fourth-order valence-corrected chi connectivity index (χ4v) is 1.06. The number of hydrogen-bond donors (Lipinski definition) is 1. The minimum absolute atomic E-state index is 0.414. The number of aliphatic hydroxyl groups is 1. The molecule has 1 atom stereocenters. The Morgan fingerprint density at radius 2 is 1.86 bits per heavy atom. The second kappa shape index (κ2) is 3.68. The van der Waals surface area contributed by atoms with Crippen molar-refractivity contribution < 1.29 is 18.3 Å². The van der Waals surface area contributed by atoms with Gasteiger partial charge in [-0.3, -0.25) is 0 Å². The summed E-state index contributed by atoms with van der Waals surface area (Å²) in [6.45, 7) is 0. The molecular formula is C9H6F3NO. The van der Waals surface area contributed by atoms with Crippen LogP contribution in [-0.2, 0) is 6.18 Å². The summed E-state index contributed by atoms with van der Waals surface area (Å²) < 4.78 is 37.0. The van der Waals surface area contributed by atoms with Crippen LogP contribution in [0.2, 0.25) is 0 Å². The van der Waals surface area contributed by atoms with E-state index in [9.17, 15) is 13.2 Å². The summed E-state index contributed by atoms with van der Waals surface area (Å²) in [5.41, 5.74) is -1.39. The largest absolute Gasteiger partial charge is 0.416 e. The SMILES string of the molecule is N#CC(O)c1ccccc1C(F)(F)F. The molecule has 0 amide bonds. The van der Waals surface area contributed by atoms with Crippen molar-refractivity contribution in [3.8, 4) is 6.07 Å². The zero-order valence-electron chi connectivity index (χ0n) is 6.92. The van der Waals surface area contributed by atoms with E-state index in [0.29, 0.717) is 0 Å². The highest BCUT2D eigenvalue weighted by Crippen LogP contribution is 2.34. The van der Waals surface area contributed by atoms with Crippen molar-refractivity contribution in [3.05, 3.63) is 35.4 Å². The normalized spacial score (nSPS) is 13.4. The van der Waals surface area contributed by atoms with Gasteiger partial charge in [0.15, 0.2) is 6.10 Å². The van der Waals surface area contributed by atoms with Crippen molar-refractivity contribution in [1.82, 2.24) is 0 Å². The minimum atomic E-state index is -4.55. The van der Waals surface area contributed by atoms with Crippen molar-refractivity contribution in [2.45, 2.75) is 12.3 Å². The molecule has 5 heteroatoms. The molecule has 74 valence electrons. The molecule has 2 nitrogen and oxygen atoms in total. The molecule has 0 heterocycles. The summed E-state index contributed by atoms with van der Waals surface area (Å²) >= 11 is 0. The van der Waals surface area contributed by atoms with Crippen LogP contribution in [0, 0.1) is 11.3 Å². The van der Waals surface area contributed by atoms with E-state index in [1.165, 1.54) is 18.2 Å². The third kappa shape index (κ3) is 2.03. The van der Waals surface area contributed by atoms with E-state index in [0.717, 1.165) is 12.1 Å². The third-order valence-electron chi connectivity index (χ3n) is 1.68. The molecule has 1 rings (SSSR count). The van der Waals surface area contributed by atoms with E-state index < -0.39 is 23.4 Å². The van der Waals surface area contributed by atoms with Crippen molar-refractivity contribution in [1.29, 1.82) is 5.26 Å². The highest BCUT2D eigenvalue weighted by atomic mass is 19.4. The summed E-state index contributed by atoms with van der Waals surface area (Å²) in [5, 5.41) is 17.3. The summed E-state index contributed by atoms with van der Waals surface area (Å²) in [6.07, 6.45) is -6.29. The molecule has 0 saturated carbocycles. The molecule has 1 unspecified atom stereocenters. The average Bonchev–Trinajstić information content (AvgIpc) is 2.15. The van der Waals surface area contributed by atoms with E-state index >= 15 is 0 Å². The van der Waals surface area contributed by atoms with Crippen LogP contribution in [0.4, 0.5) is 13.2 Å². The molecule has 0 saturated heterocycles. The number of hydrogen-bond acceptors (Lipinski definition) is 2. The topological polar surface area (TPSA) is 44.0 Å². The van der Waals surface area contributed by atoms with E-state index in [1.807, 2.05) is 0 Å². The van der Waals surface area contributed by atoms with Crippen LogP contribution >= 0.6 is 0 Å². The Morgan fingerprint density at radius 3 is 2.36 bits per heavy atom. The molecule has 1 aromatic carbocycles. The number of alkyl halides is 3. The Kier molecular flexibility index (Phi) is 2.77. The Hall–Kier alpha value is -1.54. The average molecular weight is 201 g/mol. The van der Waals surface area contributed by atoms with Crippen LogP contribution < -0.4 is 0 Å². The minimum Gasteiger partial charge on any atom is -0.374 e. The predicted octanol–water partition coefficient (Wildman–Crippen LogP) is 2.26. The molecule has 0 bridgehead atoms. The Labute approximate surface area is 78.2 Å². The highest BCUT2D eigenvalue weighted by Gasteiger charge is 2.34. The van der Waals surface area contributed by atoms with Crippen molar-refractivity contribution >= 4 is 0 Å². The lowest BCUT2D eigenvalue weighted by molar-refractivity contribution is -0.138. The highest BCUT2D eigenvalue weighted by molar-refractivity contribution is 5.33. The van der Waals surface area contributed by atoms with Crippen LogP contribution in [0.25, 0.3) is 0 Å². The molecule has 1 N–H and O–H groups in total. The number of rotatable bonds is 1. The van der Waals surface area contributed by atoms with Gasteiger partial charge in [-0.25, -0.2) is 0 Å². The number of aliphatic hydroxyl groups excluding tert-OH is 1. The molecule has 14 heavy (non-hydrogen) atoms. The van der Waals surface area contributed by atoms with Crippen LogP contribution in [0.5, 0.6) is 0 Å². The maximum atomic E-state index is 12.3. The van der Waals surface area contributed by atoms with Crippen LogP contribution in [-0.4, -0.2) is 5.11 Å². The quantitative estimate of drug-likeness (QED) is 0.708. The zero-order chi connectivity index (χ0) is 10.8. The van der Waals surface area contributed by atoms with Gasteiger partial charge in [-0.1, -0.05) is 18.2 Å². The van der Waals surface area contributed by atoms with E-state index in [-0.39, 0.29) is 0 Å². The lowest BCUT2D eigenvalue weighted by Gasteiger charge is -2.12. The molecule has 0 radical (unpaired) electrons. The second-order valence-electron chi connectivity index (χ2n) is 2.62. The molecule has 0 aliphatic carbocycles. The second-order valence-corrected chi connectivity index (χ2v) is 2.62. The van der Waals surface area contributed by atoms with Gasteiger partial charge in [0.05, 0.1) is 11.6 Å². The first-order valence-electron chi connectivity index (χ1n) is 3.70. The molecule has 1 aromatic rings. The van der Waals surface area contributed by atoms with Gasteiger partial charge >= 0.3 is 6.18 Å². The van der Waals surface area contributed by atoms with Gasteiger partial charge in [0.1, 0.15) is 0 Å². The van der Waals surface area contributed by atoms with Crippen LogP contribution in [0.15, 0.2) is 24.3 Å². The number of benzene rings is 1. The molecule has 0 spiro atoms. The monoisotopic (exact) mass is 201 g/mol. The summed E-state index contributed by atoms with van der Waals surface area (Å²) in [5.74, 6) is 0. The Morgan fingerprint density at radius 1 is 1.29 bits per heavy atom. The lowest BCUT2D eigenvalue weighted by Crippen LogP contribution is -2.11. The Balaban J connectivity index is 3.25. The van der Waals surface area contributed by atoms with Crippen LogP contribution in [0.3, 0.4) is 0 Å². The maximum absolute atomic E-state index is 12.3. The third-order valence-corrected chi connectivity index (χ3v) is 1.68. The molecule has 0 aromatic heterocycles. The van der Waals surface area contributed by atoms with Crippen molar-refractivity contribution in [2.24, 2.45) is 0 Å². The number of halogens is 3. The van der Waals surface area contributed by atoms with Gasteiger partial charge in [-0.2, -0.15) is 18.4 Å². The fourth-order valence-electron chi connectivity index (χ4n) is 1.06. The van der Waals surface area contributed by atoms with Crippen molar-refractivity contribution in [2.75, 3.05) is 0 Å². The van der Waals surface area contributed by atoms with Gasteiger partial charge < -0.3 is 5.11 Å². The molecule has 0 aliphatic rings. The number of nitrogens with zero attached hydrogens (tertiary/aromatic N) is 1. The maximum Gasteiger partial charge on any atom is 0.416 e. The first-order valence-corrected chi connectivity index (χ1v) is 3.70. The van der Waals surface area contributed by atoms with Gasteiger partial charge in [0.25, 0.3) is 0 Å². The fraction of sp³-hybridized carbons (Fsp3) is 0.222. The lowest BCUT2D eigenvalue weighted by atomic mass is 10.0. The van der Waals surface area contributed by atoms with Gasteiger partial charge in [-0.15, -0.1) is 0 Å². The van der Waals surface area contributed by atoms with Gasteiger partial charge in [-0.05, 0) is 6.07 Å². The summed E-state index contributed by atoms with van der Waals surface area (Å²) in [7, 11) is 0. The first-order chi connectivity index (χ1) is 6.46. The molecular weight excluding hydrogens is 195 g/mol. The van der Waals surface area contributed by atoms with E-state index in [4.69, 9.17) is 10.4 Å². The molecule has 0 aliphatic heterocycles. The van der Waals surface area contributed by atoms with E-state index in [1.54, 1.807) is 0 Å². The summed E-state index contributed by atoms with van der Waals surface area (Å²) in [6, 6.07) is 5.80. The standard InChI is InChI=1S/C9H6F3NO/c10-9(11,12)7-4-2-1-3-6(7)8(14)5-13/h1-4,8,14H. The summed E-state index contributed by atoms with van der Waals surface area (Å²) in [4.78, 5) is 0. The van der Waals surface area contributed by atoms with Gasteiger partial charge in [0, 0.05) is 5.56 Å². The van der Waals surface area contributed by atoms with Crippen molar-refractivity contribution in [3.63, 3.8) is 0 Å². The molecule has 0 fully saturated rings. The Bertz CT molecular complexity index is 367. The van der Waals surface area contributed by atoms with E-state index in [2.05, 4.69) is 0 Å². The first kappa shape index (κ1) is 10.5. The number of nitriles is 1.